The van der Waals surface area contributed by atoms with Crippen LogP contribution < -0.4 is 0 Å². The summed E-state index contributed by atoms with van der Waals surface area (Å²) in [4.78, 5) is 11.2. The third kappa shape index (κ3) is 3.55. The SMILES string of the molecule is CCC[C@@H](c1ccc(F)cc1)[C@@H](CC)C(=O)O. The van der Waals surface area contributed by atoms with Crippen LogP contribution in [0, 0.1) is 11.7 Å². The van der Waals surface area contributed by atoms with Gasteiger partial charge in [-0.1, -0.05) is 32.4 Å². The Morgan fingerprint density at radius 3 is 2.29 bits per heavy atom. The maximum absolute atomic E-state index is 12.9. The van der Waals surface area contributed by atoms with Gasteiger partial charge >= 0.3 is 5.97 Å². The Morgan fingerprint density at radius 1 is 1.29 bits per heavy atom. The lowest BCUT2D eigenvalue weighted by Crippen LogP contribution is -2.21. The topological polar surface area (TPSA) is 37.3 Å². The first-order valence-electron chi connectivity index (χ1n) is 6.08. The summed E-state index contributed by atoms with van der Waals surface area (Å²) in [5.74, 6) is -1.47. The third-order valence-corrected chi connectivity index (χ3v) is 3.14. The number of carboxylic acid groups (broad SMARTS) is 1. The van der Waals surface area contributed by atoms with E-state index >= 15 is 0 Å². The molecule has 0 heterocycles. The lowest BCUT2D eigenvalue weighted by Gasteiger charge is -2.23. The molecule has 2 nitrogen and oxygen atoms in total. The van der Waals surface area contributed by atoms with E-state index in [1.54, 1.807) is 12.1 Å². The molecule has 0 saturated carbocycles. The van der Waals surface area contributed by atoms with E-state index in [9.17, 15) is 14.3 Å². The van der Waals surface area contributed by atoms with E-state index in [2.05, 4.69) is 0 Å². The van der Waals surface area contributed by atoms with Crippen LogP contribution in [0.5, 0.6) is 0 Å². The molecule has 3 heteroatoms. The standard InChI is InChI=1S/C14H19FO2/c1-3-5-13(12(4-2)14(16)17)10-6-8-11(15)9-7-10/h6-9,12-13H,3-5H2,1-2H3,(H,16,17)/t12-,13+/m1/s1. The van der Waals surface area contributed by atoms with Gasteiger partial charge in [0.1, 0.15) is 5.82 Å². The number of benzene rings is 1. The molecular formula is C14H19FO2. The molecular weight excluding hydrogens is 219 g/mol. The summed E-state index contributed by atoms with van der Waals surface area (Å²) in [5, 5.41) is 9.21. The second-order valence-electron chi connectivity index (χ2n) is 4.30. The zero-order valence-corrected chi connectivity index (χ0v) is 10.3. The average Bonchev–Trinajstić information content (AvgIpc) is 2.29. The van der Waals surface area contributed by atoms with Crippen molar-refractivity contribution in [2.45, 2.75) is 39.0 Å². The summed E-state index contributed by atoms with van der Waals surface area (Å²) in [5.41, 5.74) is 0.919. The molecule has 0 unspecified atom stereocenters. The number of hydrogen-bond donors (Lipinski definition) is 1. The maximum atomic E-state index is 12.9. The summed E-state index contributed by atoms with van der Waals surface area (Å²) in [7, 11) is 0. The maximum Gasteiger partial charge on any atom is 0.307 e. The lowest BCUT2D eigenvalue weighted by molar-refractivity contribution is -0.142. The minimum Gasteiger partial charge on any atom is -0.481 e. The van der Waals surface area contributed by atoms with E-state index in [4.69, 9.17) is 0 Å². The van der Waals surface area contributed by atoms with Gasteiger partial charge in [-0.3, -0.25) is 4.79 Å². The van der Waals surface area contributed by atoms with Gasteiger partial charge in [0, 0.05) is 0 Å². The first kappa shape index (κ1) is 13.7. The highest BCUT2D eigenvalue weighted by atomic mass is 19.1. The summed E-state index contributed by atoms with van der Waals surface area (Å²) in [6.07, 6.45) is 2.33. The molecule has 0 amide bonds. The van der Waals surface area contributed by atoms with Crippen LogP contribution in [-0.4, -0.2) is 11.1 Å². The Morgan fingerprint density at radius 2 is 1.88 bits per heavy atom. The smallest absolute Gasteiger partial charge is 0.307 e. The molecule has 1 aromatic carbocycles. The van der Waals surface area contributed by atoms with E-state index in [0.717, 1.165) is 18.4 Å². The van der Waals surface area contributed by atoms with Crippen molar-refractivity contribution >= 4 is 5.97 Å². The van der Waals surface area contributed by atoms with Gasteiger partial charge in [-0.15, -0.1) is 0 Å². The van der Waals surface area contributed by atoms with Gasteiger partial charge in [-0.2, -0.15) is 0 Å². The van der Waals surface area contributed by atoms with E-state index < -0.39 is 5.97 Å². The fraction of sp³-hybridized carbons (Fsp3) is 0.500. The molecule has 0 bridgehead atoms. The molecule has 1 rings (SSSR count). The van der Waals surface area contributed by atoms with Crippen LogP contribution in [0.1, 0.15) is 44.6 Å². The minimum absolute atomic E-state index is 0.0249. The number of halogens is 1. The Bertz CT molecular complexity index is 359. The van der Waals surface area contributed by atoms with Gasteiger partial charge in [0.05, 0.1) is 5.92 Å². The normalized spacial score (nSPS) is 14.3. The Kier molecular flexibility index (Phi) is 5.13. The monoisotopic (exact) mass is 238 g/mol. The molecule has 0 radical (unpaired) electrons. The average molecular weight is 238 g/mol. The quantitative estimate of drug-likeness (QED) is 0.818. The fourth-order valence-corrected chi connectivity index (χ4v) is 2.25. The number of aliphatic carboxylic acids is 1. The molecule has 2 atom stereocenters. The minimum atomic E-state index is -0.768. The number of rotatable bonds is 6. The van der Waals surface area contributed by atoms with Crippen LogP contribution in [0.2, 0.25) is 0 Å². The zero-order chi connectivity index (χ0) is 12.8. The highest BCUT2D eigenvalue weighted by molar-refractivity contribution is 5.71. The van der Waals surface area contributed by atoms with Gasteiger partial charge in [-0.25, -0.2) is 4.39 Å². The summed E-state index contributed by atoms with van der Waals surface area (Å²) >= 11 is 0. The molecule has 94 valence electrons. The number of carboxylic acids is 1. The van der Waals surface area contributed by atoms with E-state index in [1.807, 2.05) is 13.8 Å². The van der Waals surface area contributed by atoms with Crippen molar-refractivity contribution in [3.63, 3.8) is 0 Å². The van der Waals surface area contributed by atoms with Crippen molar-refractivity contribution in [3.8, 4) is 0 Å². The van der Waals surface area contributed by atoms with Crippen molar-refractivity contribution in [1.29, 1.82) is 0 Å². The van der Waals surface area contributed by atoms with E-state index in [-0.39, 0.29) is 17.7 Å². The molecule has 0 aromatic heterocycles. The van der Waals surface area contributed by atoms with Gasteiger partial charge in [0.2, 0.25) is 0 Å². The van der Waals surface area contributed by atoms with Crippen molar-refractivity contribution in [2.75, 3.05) is 0 Å². The Labute approximate surface area is 101 Å². The first-order valence-corrected chi connectivity index (χ1v) is 6.08. The van der Waals surface area contributed by atoms with Crippen LogP contribution in [0.15, 0.2) is 24.3 Å². The van der Waals surface area contributed by atoms with Crippen molar-refractivity contribution < 1.29 is 14.3 Å². The highest BCUT2D eigenvalue weighted by Crippen LogP contribution is 2.31. The molecule has 17 heavy (non-hydrogen) atoms. The number of carbonyl (C=O) groups is 1. The molecule has 0 fully saturated rings. The van der Waals surface area contributed by atoms with Gasteiger partial charge in [-0.05, 0) is 36.5 Å². The van der Waals surface area contributed by atoms with Crippen LogP contribution in [0.25, 0.3) is 0 Å². The van der Waals surface area contributed by atoms with Gasteiger partial charge in [0.15, 0.2) is 0 Å². The Balaban J connectivity index is 2.98. The molecule has 0 aliphatic heterocycles. The number of hydrogen-bond acceptors (Lipinski definition) is 1. The molecule has 0 saturated heterocycles. The van der Waals surface area contributed by atoms with Crippen LogP contribution >= 0.6 is 0 Å². The second kappa shape index (κ2) is 6.38. The van der Waals surface area contributed by atoms with Crippen molar-refractivity contribution in [2.24, 2.45) is 5.92 Å². The van der Waals surface area contributed by atoms with Gasteiger partial charge < -0.3 is 5.11 Å². The third-order valence-electron chi connectivity index (χ3n) is 3.14. The van der Waals surface area contributed by atoms with Gasteiger partial charge in [0.25, 0.3) is 0 Å². The predicted octanol–water partition coefficient (Wildman–Crippen LogP) is 3.82. The molecule has 1 aromatic rings. The van der Waals surface area contributed by atoms with E-state index in [1.165, 1.54) is 12.1 Å². The fourth-order valence-electron chi connectivity index (χ4n) is 2.25. The van der Waals surface area contributed by atoms with Crippen LogP contribution in [-0.2, 0) is 4.79 Å². The van der Waals surface area contributed by atoms with E-state index in [0.29, 0.717) is 6.42 Å². The van der Waals surface area contributed by atoms with Crippen molar-refractivity contribution in [3.05, 3.63) is 35.6 Å². The summed E-state index contributed by atoms with van der Waals surface area (Å²) in [6.45, 7) is 3.91. The predicted molar refractivity (Wildman–Crippen MR) is 65.5 cm³/mol. The summed E-state index contributed by atoms with van der Waals surface area (Å²) in [6, 6.07) is 6.18. The molecule has 0 aliphatic carbocycles. The summed E-state index contributed by atoms with van der Waals surface area (Å²) < 4.78 is 12.9. The lowest BCUT2D eigenvalue weighted by atomic mass is 9.81. The molecule has 0 aliphatic rings. The second-order valence-corrected chi connectivity index (χ2v) is 4.30. The zero-order valence-electron chi connectivity index (χ0n) is 10.3. The largest absolute Gasteiger partial charge is 0.481 e. The first-order chi connectivity index (χ1) is 8.10. The molecule has 1 N–H and O–H groups in total. The van der Waals surface area contributed by atoms with Crippen LogP contribution in [0.4, 0.5) is 4.39 Å². The highest BCUT2D eigenvalue weighted by Gasteiger charge is 2.26. The van der Waals surface area contributed by atoms with Crippen LogP contribution in [0.3, 0.4) is 0 Å². The Hall–Kier alpha value is -1.38. The molecule has 0 spiro atoms. The van der Waals surface area contributed by atoms with Crippen molar-refractivity contribution in [1.82, 2.24) is 0 Å².